The Morgan fingerprint density at radius 2 is 1.50 bits per heavy atom. The number of anilines is 1. The van der Waals surface area contributed by atoms with E-state index in [0.29, 0.717) is 16.8 Å². The van der Waals surface area contributed by atoms with E-state index in [1.54, 1.807) is 37.3 Å². The van der Waals surface area contributed by atoms with Crippen molar-refractivity contribution in [2.45, 2.75) is 52.5 Å². The summed E-state index contributed by atoms with van der Waals surface area (Å²) in [5.41, 5.74) is 6.83. The molecule has 0 spiro atoms. The highest BCUT2D eigenvalue weighted by Gasteiger charge is 2.21. The van der Waals surface area contributed by atoms with Gasteiger partial charge in [0, 0.05) is 11.3 Å². The molecule has 3 rings (SSSR count). The first kappa shape index (κ1) is 23.5. The van der Waals surface area contributed by atoms with Crippen molar-refractivity contribution >= 4 is 21.6 Å². The Bertz CT molecular complexity index is 1280. The van der Waals surface area contributed by atoms with E-state index in [1.165, 1.54) is 11.6 Å². The smallest absolute Gasteiger partial charge is 0.262 e. The van der Waals surface area contributed by atoms with Crippen LogP contribution in [0.3, 0.4) is 0 Å². The van der Waals surface area contributed by atoms with Crippen molar-refractivity contribution in [3.63, 3.8) is 0 Å². The van der Waals surface area contributed by atoms with Gasteiger partial charge in [0.05, 0.1) is 10.9 Å². The van der Waals surface area contributed by atoms with Gasteiger partial charge in [-0.3, -0.25) is 9.52 Å². The van der Waals surface area contributed by atoms with Gasteiger partial charge in [0.15, 0.2) is 0 Å². The Balaban J connectivity index is 1.86. The van der Waals surface area contributed by atoms with Crippen molar-refractivity contribution in [3.05, 3.63) is 93.5 Å². The minimum absolute atomic E-state index is 0.0849. The number of sulfonamides is 1. The molecule has 0 bridgehead atoms. The van der Waals surface area contributed by atoms with E-state index in [4.69, 9.17) is 0 Å². The van der Waals surface area contributed by atoms with Crippen molar-refractivity contribution in [2.75, 3.05) is 4.72 Å². The SMILES string of the molecule is Cc1cccc(NS(=O)(=O)c2cc(C(=O)N[C@H](C)c3cc(C)c(C)cc3C)ccc2C)c1. The number of nitrogens with one attached hydrogen (secondary N) is 2. The summed E-state index contributed by atoms with van der Waals surface area (Å²) in [7, 11) is -3.84. The lowest BCUT2D eigenvalue weighted by molar-refractivity contribution is 0.0939. The average Bonchev–Trinajstić information content (AvgIpc) is 2.70. The molecule has 0 aliphatic carbocycles. The summed E-state index contributed by atoms with van der Waals surface area (Å²) in [5, 5.41) is 3.00. The first-order chi connectivity index (χ1) is 15.0. The molecular formula is C26H30N2O3S. The standard InChI is InChI=1S/C26H30N2O3S/c1-16-8-7-9-23(12-16)28-32(30,31)25-15-22(11-10-17(25)2)26(29)27-21(6)24-14-19(4)18(3)13-20(24)5/h7-15,21,28H,1-6H3,(H,27,29)/t21-/m1/s1. The van der Waals surface area contributed by atoms with Gasteiger partial charge < -0.3 is 5.32 Å². The summed E-state index contributed by atoms with van der Waals surface area (Å²) in [5.74, 6) is -0.317. The average molecular weight is 451 g/mol. The van der Waals surface area contributed by atoms with Crippen LogP contribution in [0, 0.1) is 34.6 Å². The normalized spacial score (nSPS) is 12.3. The maximum absolute atomic E-state index is 13.0. The van der Waals surface area contributed by atoms with Gasteiger partial charge in [-0.2, -0.15) is 0 Å². The maximum Gasteiger partial charge on any atom is 0.262 e. The molecule has 3 aromatic rings. The fourth-order valence-electron chi connectivity index (χ4n) is 3.76. The molecule has 0 aliphatic rings. The Labute approximate surface area is 190 Å². The molecule has 0 heterocycles. The van der Waals surface area contributed by atoms with Crippen molar-refractivity contribution < 1.29 is 13.2 Å². The Kier molecular flexibility index (Phi) is 6.74. The van der Waals surface area contributed by atoms with Crippen LogP contribution in [0.4, 0.5) is 5.69 Å². The van der Waals surface area contributed by atoms with E-state index in [1.807, 2.05) is 33.8 Å². The lowest BCUT2D eigenvalue weighted by Gasteiger charge is -2.19. The number of carbonyl (C=O) groups is 1. The van der Waals surface area contributed by atoms with Gasteiger partial charge in [-0.1, -0.05) is 30.3 Å². The predicted molar refractivity (Wildman–Crippen MR) is 130 cm³/mol. The lowest BCUT2D eigenvalue weighted by Crippen LogP contribution is -2.27. The van der Waals surface area contributed by atoms with Crippen molar-refractivity contribution in [3.8, 4) is 0 Å². The van der Waals surface area contributed by atoms with Crippen LogP contribution < -0.4 is 10.0 Å². The van der Waals surface area contributed by atoms with Crippen LogP contribution in [0.1, 0.15) is 56.7 Å². The first-order valence-electron chi connectivity index (χ1n) is 10.6. The minimum Gasteiger partial charge on any atom is -0.346 e. The summed E-state index contributed by atoms with van der Waals surface area (Å²) in [4.78, 5) is 13.0. The van der Waals surface area contributed by atoms with Crippen LogP contribution in [0.2, 0.25) is 0 Å². The number of rotatable bonds is 6. The molecule has 32 heavy (non-hydrogen) atoms. The Morgan fingerprint density at radius 3 is 2.19 bits per heavy atom. The largest absolute Gasteiger partial charge is 0.346 e. The quantitative estimate of drug-likeness (QED) is 0.519. The van der Waals surface area contributed by atoms with Gasteiger partial charge in [-0.15, -0.1) is 0 Å². The van der Waals surface area contributed by atoms with Crippen molar-refractivity contribution in [1.82, 2.24) is 5.32 Å². The summed E-state index contributed by atoms with van der Waals surface area (Å²) < 4.78 is 28.7. The van der Waals surface area contributed by atoms with Crippen LogP contribution in [0.5, 0.6) is 0 Å². The lowest BCUT2D eigenvalue weighted by atomic mass is 9.96. The molecule has 0 aliphatic heterocycles. The van der Waals surface area contributed by atoms with Crippen molar-refractivity contribution in [1.29, 1.82) is 0 Å². The third kappa shape index (κ3) is 5.19. The second kappa shape index (κ2) is 9.17. The number of aryl methyl sites for hydroxylation is 5. The summed E-state index contributed by atoms with van der Waals surface area (Å²) in [6, 6.07) is 15.9. The molecule has 0 fully saturated rings. The second-order valence-electron chi connectivity index (χ2n) is 8.44. The van der Waals surface area contributed by atoms with E-state index >= 15 is 0 Å². The summed E-state index contributed by atoms with van der Waals surface area (Å²) >= 11 is 0. The maximum atomic E-state index is 13.0. The van der Waals surface area contributed by atoms with E-state index in [-0.39, 0.29) is 16.8 Å². The van der Waals surface area contributed by atoms with Crippen LogP contribution in [-0.2, 0) is 10.0 Å². The number of carbonyl (C=O) groups excluding carboxylic acids is 1. The third-order valence-electron chi connectivity index (χ3n) is 5.71. The fraction of sp³-hybridized carbons (Fsp3) is 0.269. The summed E-state index contributed by atoms with van der Waals surface area (Å²) in [6.07, 6.45) is 0. The van der Waals surface area contributed by atoms with Gasteiger partial charge in [-0.05, 0) is 99.2 Å². The summed E-state index contributed by atoms with van der Waals surface area (Å²) in [6.45, 7) is 11.7. The molecule has 2 N–H and O–H groups in total. The fourth-order valence-corrected chi connectivity index (χ4v) is 5.08. The highest BCUT2D eigenvalue weighted by Crippen LogP contribution is 2.24. The van der Waals surface area contributed by atoms with E-state index in [2.05, 4.69) is 29.1 Å². The monoisotopic (exact) mass is 450 g/mol. The topological polar surface area (TPSA) is 75.3 Å². The Morgan fingerprint density at radius 1 is 0.812 bits per heavy atom. The number of benzene rings is 3. The molecule has 1 amide bonds. The van der Waals surface area contributed by atoms with Gasteiger partial charge in [0.1, 0.15) is 0 Å². The molecule has 3 aromatic carbocycles. The van der Waals surface area contributed by atoms with Crippen molar-refractivity contribution in [2.24, 2.45) is 0 Å². The number of hydrogen-bond donors (Lipinski definition) is 2. The molecule has 5 nitrogen and oxygen atoms in total. The van der Waals surface area contributed by atoms with E-state index in [0.717, 1.165) is 22.3 Å². The number of amides is 1. The molecule has 0 unspecified atom stereocenters. The van der Waals surface area contributed by atoms with Gasteiger partial charge in [-0.25, -0.2) is 8.42 Å². The van der Waals surface area contributed by atoms with Gasteiger partial charge >= 0.3 is 0 Å². The molecule has 168 valence electrons. The highest BCUT2D eigenvalue weighted by molar-refractivity contribution is 7.92. The Hall–Kier alpha value is -3.12. The molecule has 0 saturated carbocycles. The van der Waals surface area contributed by atoms with Gasteiger partial charge in [0.25, 0.3) is 15.9 Å². The molecule has 6 heteroatoms. The number of hydrogen-bond acceptors (Lipinski definition) is 3. The zero-order valence-corrected chi connectivity index (χ0v) is 20.2. The van der Waals surface area contributed by atoms with Crippen LogP contribution in [0.15, 0.2) is 59.5 Å². The highest BCUT2D eigenvalue weighted by atomic mass is 32.2. The van der Waals surface area contributed by atoms with E-state index in [9.17, 15) is 13.2 Å². The second-order valence-corrected chi connectivity index (χ2v) is 10.1. The molecule has 0 saturated heterocycles. The van der Waals surface area contributed by atoms with Crippen LogP contribution >= 0.6 is 0 Å². The van der Waals surface area contributed by atoms with Gasteiger partial charge in [0.2, 0.25) is 0 Å². The van der Waals surface area contributed by atoms with Crippen LogP contribution in [-0.4, -0.2) is 14.3 Å². The third-order valence-corrected chi connectivity index (χ3v) is 7.23. The minimum atomic E-state index is -3.84. The zero-order valence-electron chi connectivity index (χ0n) is 19.4. The molecule has 0 aromatic heterocycles. The predicted octanol–water partition coefficient (Wildman–Crippen LogP) is 5.52. The zero-order chi connectivity index (χ0) is 23.6. The van der Waals surface area contributed by atoms with Crippen LogP contribution in [0.25, 0.3) is 0 Å². The first-order valence-corrected chi connectivity index (χ1v) is 12.0. The molecule has 0 radical (unpaired) electrons. The molecular weight excluding hydrogens is 420 g/mol. The molecule has 1 atom stereocenters. The van der Waals surface area contributed by atoms with E-state index < -0.39 is 10.0 Å².